The molecule has 0 spiro atoms. The number of benzene rings is 1. The number of carbonyl (C=O) groups is 1. The zero-order valence-corrected chi connectivity index (χ0v) is 12.0. The lowest BCUT2D eigenvalue weighted by Gasteiger charge is -2.08. The van der Waals surface area contributed by atoms with Crippen molar-refractivity contribution in [2.45, 2.75) is 13.5 Å². The van der Waals surface area contributed by atoms with E-state index in [0.29, 0.717) is 12.4 Å². The molecule has 1 aromatic heterocycles. The van der Waals surface area contributed by atoms with Gasteiger partial charge in [0.05, 0.1) is 5.56 Å². The van der Waals surface area contributed by atoms with Gasteiger partial charge in [0.2, 0.25) is 0 Å². The number of thiophene rings is 1. The van der Waals surface area contributed by atoms with Crippen molar-refractivity contribution < 1.29 is 14.6 Å². The van der Waals surface area contributed by atoms with Crippen molar-refractivity contribution in [1.82, 2.24) is 0 Å². The Balaban J connectivity index is 2.13. The molecule has 0 bridgehead atoms. The number of carboxylic acid groups (broad SMARTS) is 1. The molecule has 3 nitrogen and oxygen atoms in total. The second kappa shape index (κ2) is 5.54. The van der Waals surface area contributed by atoms with Crippen molar-refractivity contribution in [3.8, 4) is 5.75 Å². The van der Waals surface area contributed by atoms with Crippen LogP contribution in [0.1, 0.15) is 20.8 Å². The lowest BCUT2D eigenvalue weighted by molar-refractivity contribution is 0.0696. The fourth-order valence-electron chi connectivity index (χ4n) is 1.47. The number of carboxylic acids is 1. The van der Waals surface area contributed by atoms with E-state index in [4.69, 9.17) is 9.84 Å². The molecular formula is C13H11BrO3S. The molecule has 0 unspecified atom stereocenters. The highest BCUT2D eigenvalue weighted by atomic mass is 79.9. The first-order chi connectivity index (χ1) is 8.56. The highest BCUT2D eigenvalue weighted by Gasteiger charge is 2.07. The molecule has 18 heavy (non-hydrogen) atoms. The van der Waals surface area contributed by atoms with Gasteiger partial charge in [-0.1, -0.05) is 6.07 Å². The van der Waals surface area contributed by atoms with Gasteiger partial charge in [-0.3, -0.25) is 0 Å². The maximum atomic E-state index is 10.9. The molecule has 0 aliphatic rings. The molecule has 1 aromatic carbocycles. The number of hydrogen-bond acceptors (Lipinski definition) is 3. The molecule has 0 fully saturated rings. The first kappa shape index (κ1) is 13.1. The monoisotopic (exact) mass is 326 g/mol. The number of halogens is 1. The van der Waals surface area contributed by atoms with Crippen LogP contribution in [0.4, 0.5) is 0 Å². The molecule has 0 aliphatic carbocycles. The van der Waals surface area contributed by atoms with Crippen molar-refractivity contribution in [2.24, 2.45) is 0 Å². The van der Waals surface area contributed by atoms with Gasteiger partial charge in [0.25, 0.3) is 0 Å². The van der Waals surface area contributed by atoms with Crippen LogP contribution in [0.2, 0.25) is 0 Å². The van der Waals surface area contributed by atoms with Crippen LogP contribution in [0, 0.1) is 6.92 Å². The Hall–Kier alpha value is -1.33. The smallest absolute Gasteiger partial charge is 0.335 e. The van der Waals surface area contributed by atoms with Crippen LogP contribution in [-0.4, -0.2) is 11.1 Å². The standard InChI is InChI=1S/C13H11BrO3S/c1-8-2-3-9(13(15)16)4-12(8)17-6-11-5-10(14)7-18-11/h2-5,7H,6H2,1H3,(H,15,16). The van der Waals surface area contributed by atoms with E-state index in [2.05, 4.69) is 15.9 Å². The molecule has 2 rings (SSSR count). The highest BCUT2D eigenvalue weighted by molar-refractivity contribution is 9.10. The zero-order chi connectivity index (χ0) is 13.1. The van der Waals surface area contributed by atoms with E-state index in [0.717, 1.165) is 14.9 Å². The highest BCUT2D eigenvalue weighted by Crippen LogP contribution is 2.24. The third-order valence-corrected chi connectivity index (χ3v) is 4.10. The average Bonchev–Trinajstić information content (AvgIpc) is 2.74. The Morgan fingerprint density at radius 2 is 2.22 bits per heavy atom. The Morgan fingerprint density at radius 1 is 1.44 bits per heavy atom. The lowest BCUT2D eigenvalue weighted by Crippen LogP contribution is -2.00. The Morgan fingerprint density at radius 3 is 2.83 bits per heavy atom. The van der Waals surface area contributed by atoms with E-state index in [1.54, 1.807) is 29.5 Å². The van der Waals surface area contributed by atoms with E-state index >= 15 is 0 Å². The summed E-state index contributed by atoms with van der Waals surface area (Å²) in [5.74, 6) is -0.335. The summed E-state index contributed by atoms with van der Waals surface area (Å²) < 4.78 is 6.68. The van der Waals surface area contributed by atoms with Gasteiger partial charge >= 0.3 is 5.97 Å². The van der Waals surface area contributed by atoms with Gasteiger partial charge < -0.3 is 9.84 Å². The van der Waals surface area contributed by atoms with Crippen LogP contribution in [0.3, 0.4) is 0 Å². The quantitative estimate of drug-likeness (QED) is 0.920. The predicted octanol–water partition coefficient (Wildman–Crippen LogP) is 4.10. The second-order valence-electron chi connectivity index (χ2n) is 3.81. The minimum atomic E-state index is -0.946. The second-order valence-corrected chi connectivity index (χ2v) is 5.72. The summed E-state index contributed by atoms with van der Waals surface area (Å²) in [4.78, 5) is 12.0. The van der Waals surface area contributed by atoms with Crippen LogP contribution in [0.5, 0.6) is 5.75 Å². The maximum absolute atomic E-state index is 10.9. The molecule has 0 aliphatic heterocycles. The number of hydrogen-bond donors (Lipinski definition) is 1. The SMILES string of the molecule is Cc1ccc(C(=O)O)cc1OCc1cc(Br)cs1. The van der Waals surface area contributed by atoms with E-state index in [1.165, 1.54) is 0 Å². The Kier molecular flexibility index (Phi) is 4.04. The van der Waals surface area contributed by atoms with Gasteiger partial charge in [0.1, 0.15) is 12.4 Å². The predicted molar refractivity (Wildman–Crippen MR) is 74.5 cm³/mol. The van der Waals surface area contributed by atoms with Crippen LogP contribution in [0.15, 0.2) is 34.1 Å². The molecule has 0 atom stereocenters. The van der Waals surface area contributed by atoms with Crippen LogP contribution < -0.4 is 4.74 Å². The topological polar surface area (TPSA) is 46.5 Å². The van der Waals surface area contributed by atoms with Gasteiger partial charge in [0, 0.05) is 14.7 Å². The number of aryl methyl sites for hydroxylation is 1. The fourth-order valence-corrected chi connectivity index (χ4v) is 2.83. The van der Waals surface area contributed by atoms with Gasteiger partial charge in [-0.05, 0) is 46.6 Å². The van der Waals surface area contributed by atoms with Gasteiger partial charge in [-0.25, -0.2) is 4.79 Å². The molecule has 0 amide bonds. The number of rotatable bonds is 4. The molecule has 0 saturated heterocycles. The van der Waals surface area contributed by atoms with Crippen molar-refractivity contribution in [2.75, 3.05) is 0 Å². The van der Waals surface area contributed by atoms with Crippen molar-refractivity contribution in [3.05, 3.63) is 50.1 Å². The van der Waals surface area contributed by atoms with E-state index in [-0.39, 0.29) is 5.56 Å². The molecule has 0 saturated carbocycles. The Bertz CT molecular complexity index is 577. The molecule has 1 heterocycles. The number of ether oxygens (including phenoxy) is 1. The minimum absolute atomic E-state index is 0.239. The van der Waals surface area contributed by atoms with Crippen LogP contribution in [0.25, 0.3) is 0 Å². The summed E-state index contributed by atoms with van der Waals surface area (Å²) in [5, 5.41) is 10.9. The lowest BCUT2D eigenvalue weighted by atomic mass is 10.1. The first-order valence-electron chi connectivity index (χ1n) is 5.26. The van der Waals surface area contributed by atoms with Gasteiger partial charge in [-0.15, -0.1) is 11.3 Å². The van der Waals surface area contributed by atoms with E-state index in [1.807, 2.05) is 18.4 Å². The third-order valence-electron chi connectivity index (χ3n) is 2.43. The summed E-state index contributed by atoms with van der Waals surface area (Å²) in [5.41, 5.74) is 1.17. The molecule has 94 valence electrons. The van der Waals surface area contributed by atoms with Crippen molar-refractivity contribution in [3.63, 3.8) is 0 Å². The summed E-state index contributed by atoms with van der Waals surface area (Å²) in [6.45, 7) is 2.34. The minimum Gasteiger partial charge on any atom is -0.488 e. The largest absolute Gasteiger partial charge is 0.488 e. The molecule has 0 radical (unpaired) electrons. The number of aromatic carboxylic acids is 1. The average molecular weight is 327 g/mol. The molecule has 2 aromatic rings. The summed E-state index contributed by atoms with van der Waals surface area (Å²) in [7, 11) is 0. The van der Waals surface area contributed by atoms with Crippen molar-refractivity contribution in [1.29, 1.82) is 0 Å². The van der Waals surface area contributed by atoms with Gasteiger partial charge in [-0.2, -0.15) is 0 Å². The Labute approximate surface area is 117 Å². The first-order valence-corrected chi connectivity index (χ1v) is 6.93. The third kappa shape index (κ3) is 3.11. The molecule has 5 heteroatoms. The summed E-state index contributed by atoms with van der Waals surface area (Å²) >= 11 is 4.98. The van der Waals surface area contributed by atoms with E-state index < -0.39 is 5.97 Å². The molecular weight excluding hydrogens is 316 g/mol. The van der Waals surface area contributed by atoms with Crippen LogP contribution >= 0.6 is 27.3 Å². The fraction of sp³-hybridized carbons (Fsp3) is 0.154. The zero-order valence-electron chi connectivity index (χ0n) is 9.64. The summed E-state index contributed by atoms with van der Waals surface area (Å²) in [6.07, 6.45) is 0. The molecule has 1 N–H and O–H groups in total. The maximum Gasteiger partial charge on any atom is 0.335 e. The van der Waals surface area contributed by atoms with E-state index in [9.17, 15) is 4.79 Å². The van der Waals surface area contributed by atoms with Crippen LogP contribution in [-0.2, 0) is 6.61 Å². The van der Waals surface area contributed by atoms with Gasteiger partial charge in [0.15, 0.2) is 0 Å². The van der Waals surface area contributed by atoms with Crippen molar-refractivity contribution >= 4 is 33.2 Å². The summed E-state index contributed by atoms with van der Waals surface area (Å²) in [6, 6.07) is 6.87. The normalized spacial score (nSPS) is 10.3.